The number of thiazole rings is 1. The predicted octanol–water partition coefficient (Wildman–Crippen LogP) is 3.99. The Morgan fingerprint density at radius 2 is 2.15 bits per heavy atom. The van der Waals surface area contributed by atoms with Crippen molar-refractivity contribution in [3.63, 3.8) is 0 Å². The number of amides is 1. The number of hydrogen-bond donors (Lipinski definition) is 3. The van der Waals surface area contributed by atoms with E-state index in [1.807, 2.05) is 5.38 Å². The number of carbonyl (C=O) groups is 1. The third-order valence-corrected chi connectivity index (χ3v) is 5.00. The molecule has 136 valence electrons. The molecule has 10 heteroatoms. The molecule has 2 heterocycles. The van der Waals surface area contributed by atoms with E-state index in [1.165, 1.54) is 29.5 Å². The number of nitriles is 1. The van der Waals surface area contributed by atoms with Crippen molar-refractivity contribution in [1.82, 2.24) is 10.1 Å². The van der Waals surface area contributed by atoms with Crippen LogP contribution in [0.3, 0.4) is 0 Å². The topological polar surface area (TPSA) is 124 Å². The molecule has 1 aromatic carbocycles. The van der Waals surface area contributed by atoms with Gasteiger partial charge in [-0.25, -0.2) is 4.98 Å². The third kappa shape index (κ3) is 4.46. The van der Waals surface area contributed by atoms with E-state index in [4.69, 9.17) is 4.52 Å². The SMILES string of the molecule is Cc1oncc1/C(O)=C(\C#N)C(=O)Nc1ccc(SNc2nccs2)cc1. The fraction of sp³-hybridized carbons (Fsp3) is 0.0588. The average molecular weight is 399 g/mol. The van der Waals surface area contributed by atoms with Crippen molar-refractivity contribution in [1.29, 1.82) is 5.26 Å². The highest BCUT2D eigenvalue weighted by atomic mass is 32.2. The first-order valence-corrected chi connectivity index (χ1v) is 9.27. The van der Waals surface area contributed by atoms with Gasteiger partial charge in [0.05, 0.1) is 11.8 Å². The molecule has 3 rings (SSSR count). The molecule has 0 atom stereocenters. The minimum atomic E-state index is -0.725. The molecular formula is C17H13N5O3S2. The van der Waals surface area contributed by atoms with Crippen LogP contribution in [0.4, 0.5) is 10.8 Å². The second-order valence-electron chi connectivity index (χ2n) is 5.15. The van der Waals surface area contributed by atoms with Crippen LogP contribution < -0.4 is 10.0 Å². The smallest absolute Gasteiger partial charge is 0.270 e. The van der Waals surface area contributed by atoms with Gasteiger partial charge in [-0.1, -0.05) is 5.16 Å². The quantitative estimate of drug-likeness (QED) is 0.246. The van der Waals surface area contributed by atoms with Gasteiger partial charge in [0.25, 0.3) is 5.91 Å². The average Bonchev–Trinajstić information content (AvgIpc) is 3.33. The zero-order chi connectivity index (χ0) is 19.2. The summed E-state index contributed by atoms with van der Waals surface area (Å²) in [5, 5.41) is 28.2. The molecule has 3 aromatic rings. The summed E-state index contributed by atoms with van der Waals surface area (Å²) in [7, 11) is 0. The predicted molar refractivity (Wildman–Crippen MR) is 103 cm³/mol. The lowest BCUT2D eigenvalue weighted by Crippen LogP contribution is -2.15. The molecule has 0 aliphatic heterocycles. The van der Waals surface area contributed by atoms with Crippen molar-refractivity contribution < 1.29 is 14.4 Å². The van der Waals surface area contributed by atoms with Crippen molar-refractivity contribution in [2.24, 2.45) is 0 Å². The first-order chi connectivity index (χ1) is 13.1. The van der Waals surface area contributed by atoms with Gasteiger partial charge in [0.15, 0.2) is 16.5 Å². The maximum atomic E-state index is 12.3. The van der Waals surface area contributed by atoms with E-state index in [9.17, 15) is 15.2 Å². The Labute approximate surface area is 162 Å². The Balaban J connectivity index is 1.68. The van der Waals surface area contributed by atoms with Crippen molar-refractivity contribution in [2.45, 2.75) is 11.8 Å². The number of nitrogens with zero attached hydrogens (tertiary/aromatic N) is 3. The summed E-state index contributed by atoms with van der Waals surface area (Å²) in [5.74, 6) is -0.896. The van der Waals surface area contributed by atoms with Crippen molar-refractivity contribution in [3.8, 4) is 6.07 Å². The van der Waals surface area contributed by atoms with Gasteiger partial charge >= 0.3 is 0 Å². The second-order valence-corrected chi connectivity index (χ2v) is 6.93. The number of aliphatic hydroxyl groups is 1. The van der Waals surface area contributed by atoms with Gasteiger partial charge in [0.1, 0.15) is 11.8 Å². The molecule has 27 heavy (non-hydrogen) atoms. The lowest BCUT2D eigenvalue weighted by molar-refractivity contribution is -0.112. The molecule has 1 amide bonds. The third-order valence-electron chi connectivity index (χ3n) is 3.38. The Morgan fingerprint density at radius 1 is 1.37 bits per heavy atom. The van der Waals surface area contributed by atoms with E-state index < -0.39 is 17.2 Å². The van der Waals surface area contributed by atoms with E-state index in [1.54, 1.807) is 43.5 Å². The van der Waals surface area contributed by atoms with Crippen LogP contribution in [0.15, 0.2) is 57.0 Å². The molecule has 0 saturated heterocycles. The summed E-state index contributed by atoms with van der Waals surface area (Å²) in [4.78, 5) is 17.4. The van der Waals surface area contributed by atoms with Gasteiger partial charge in [-0.15, -0.1) is 11.3 Å². The number of nitrogens with one attached hydrogen (secondary N) is 2. The van der Waals surface area contributed by atoms with Crippen LogP contribution in [-0.2, 0) is 4.79 Å². The molecule has 0 aliphatic carbocycles. The first kappa shape index (κ1) is 18.5. The number of hydrogen-bond acceptors (Lipinski definition) is 9. The molecule has 3 N–H and O–H groups in total. The van der Waals surface area contributed by atoms with E-state index in [0.29, 0.717) is 11.4 Å². The van der Waals surface area contributed by atoms with Gasteiger partial charge in [-0.3, -0.25) is 4.79 Å². The lowest BCUT2D eigenvalue weighted by Gasteiger charge is -2.07. The molecule has 2 aromatic heterocycles. The normalized spacial score (nSPS) is 11.4. The summed E-state index contributed by atoms with van der Waals surface area (Å²) in [5.41, 5.74) is 0.257. The van der Waals surface area contributed by atoms with Crippen molar-refractivity contribution in [2.75, 3.05) is 10.0 Å². The Bertz CT molecular complexity index is 1000. The first-order valence-electron chi connectivity index (χ1n) is 7.57. The molecule has 0 unspecified atom stereocenters. The molecule has 8 nitrogen and oxygen atoms in total. The number of aryl methyl sites for hydroxylation is 1. The highest BCUT2D eigenvalue weighted by molar-refractivity contribution is 8.00. The number of aromatic nitrogens is 2. The van der Waals surface area contributed by atoms with Crippen LogP contribution in [0.2, 0.25) is 0 Å². The van der Waals surface area contributed by atoms with Crippen LogP contribution in [0.1, 0.15) is 11.3 Å². The Morgan fingerprint density at radius 3 is 2.74 bits per heavy atom. The molecule has 0 radical (unpaired) electrons. The molecule has 0 aliphatic rings. The summed E-state index contributed by atoms with van der Waals surface area (Å²) in [6, 6.07) is 8.72. The van der Waals surface area contributed by atoms with Crippen molar-refractivity contribution in [3.05, 3.63) is 58.9 Å². The highest BCUT2D eigenvalue weighted by Crippen LogP contribution is 2.24. The maximum absolute atomic E-state index is 12.3. The van der Waals surface area contributed by atoms with E-state index >= 15 is 0 Å². The van der Waals surface area contributed by atoms with E-state index in [2.05, 4.69) is 20.2 Å². The molecule has 0 saturated carbocycles. The standard InChI is InChI=1S/C17H13N5O3S2/c1-10-14(9-20-25-10)15(23)13(8-18)16(24)21-11-2-4-12(5-3-11)27-22-17-19-6-7-26-17/h2-7,9,23H,1H3,(H,19,22)(H,21,24)/b15-13-. The van der Waals surface area contributed by atoms with Crippen LogP contribution in [-0.4, -0.2) is 21.2 Å². The fourth-order valence-corrected chi connectivity index (χ4v) is 3.27. The summed E-state index contributed by atoms with van der Waals surface area (Å²) in [6.45, 7) is 1.57. The lowest BCUT2D eigenvalue weighted by atomic mass is 10.1. The number of anilines is 2. The monoisotopic (exact) mass is 399 g/mol. The second kappa shape index (κ2) is 8.39. The maximum Gasteiger partial charge on any atom is 0.270 e. The Hall–Kier alpha value is -3.29. The number of rotatable bonds is 6. The van der Waals surface area contributed by atoms with Gasteiger partial charge < -0.3 is 19.7 Å². The summed E-state index contributed by atoms with van der Waals surface area (Å²) >= 11 is 2.88. The van der Waals surface area contributed by atoms with Crippen LogP contribution in [0, 0.1) is 18.3 Å². The summed E-state index contributed by atoms with van der Waals surface area (Å²) in [6.07, 6.45) is 2.96. The van der Waals surface area contributed by atoms with E-state index in [-0.39, 0.29) is 5.56 Å². The molecular weight excluding hydrogens is 386 g/mol. The van der Waals surface area contributed by atoms with E-state index in [0.717, 1.165) is 10.0 Å². The fourth-order valence-electron chi connectivity index (χ4n) is 2.05. The minimum Gasteiger partial charge on any atom is -0.506 e. The number of benzene rings is 1. The van der Waals surface area contributed by atoms with Crippen LogP contribution in [0.5, 0.6) is 0 Å². The van der Waals surface area contributed by atoms with Crippen molar-refractivity contribution >= 4 is 45.8 Å². The van der Waals surface area contributed by atoms with Gasteiger partial charge in [-0.2, -0.15) is 5.26 Å². The number of carbonyl (C=O) groups excluding carboxylic acids is 1. The number of aliphatic hydroxyl groups excluding tert-OH is 1. The van der Waals surface area contributed by atoms with Crippen LogP contribution >= 0.6 is 23.3 Å². The summed E-state index contributed by atoms with van der Waals surface area (Å²) < 4.78 is 7.95. The minimum absolute atomic E-state index is 0.196. The van der Waals surface area contributed by atoms with Crippen LogP contribution in [0.25, 0.3) is 5.76 Å². The zero-order valence-electron chi connectivity index (χ0n) is 14.0. The zero-order valence-corrected chi connectivity index (χ0v) is 15.6. The molecule has 0 bridgehead atoms. The van der Waals surface area contributed by atoms with Gasteiger partial charge in [-0.05, 0) is 43.1 Å². The van der Waals surface area contributed by atoms with Gasteiger partial charge in [0, 0.05) is 22.2 Å². The molecule has 0 spiro atoms. The highest BCUT2D eigenvalue weighted by Gasteiger charge is 2.20. The largest absolute Gasteiger partial charge is 0.506 e. The molecule has 0 fully saturated rings. The Kier molecular flexibility index (Phi) is 5.75. The van der Waals surface area contributed by atoms with Gasteiger partial charge in [0.2, 0.25) is 0 Å².